The molecule has 2 aliphatic rings. The summed E-state index contributed by atoms with van der Waals surface area (Å²) >= 11 is 5.98. The fourth-order valence-electron chi connectivity index (χ4n) is 3.68. The fraction of sp³-hybridized carbons (Fsp3) is 0.304. The van der Waals surface area contributed by atoms with Crippen LogP contribution in [0.25, 0.3) is 11.3 Å². The molecular formula is C23H19ClF5N3O2. The number of ether oxygens (including phenoxy) is 1. The van der Waals surface area contributed by atoms with E-state index in [4.69, 9.17) is 16.3 Å². The van der Waals surface area contributed by atoms with Crippen molar-refractivity contribution in [2.24, 2.45) is 0 Å². The van der Waals surface area contributed by atoms with Crippen LogP contribution in [0, 0.1) is 5.82 Å². The third-order valence-electron chi connectivity index (χ3n) is 5.31. The van der Waals surface area contributed by atoms with Crippen LogP contribution >= 0.6 is 11.6 Å². The normalized spacial score (nSPS) is 15.9. The number of amides is 1. The Morgan fingerprint density at radius 2 is 2.00 bits per heavy atom. The molecule has 1 aliphatic heterocycles. The van der Waals surface area contributed by atoms with Gasteiger partial charge in [0.25, 0.3) is 5.91 Å². The van der Waals surface area contributed by atoms with Crippen LogP contribution in [0.4, 0.5) is 27.8 Å². The molecule has 0 radical (unpaired) electrons. The zero-order chi connectivity index (χ0) is 24.5. The Hall–Kier alpha value is -3.14. The van der Waals surface area contributed by atoms with Crippen LogP contribution < -0.4 is 15.4 Å². The summed E-state index contributed by atoms with van der Waals surface area (Å²) < 4.78 is 72.5. The number of pyridine rings is 1. The minimum Gasteiger partial charge on any atom is -0.483 e. The van der Waals surface area contributed by atoms with E-state index in [9.17, 15) is 22.4 Å². The highest BCUT2D eigenvalue weighted by molar-refractivity contribution is 6.30. The van der Waals surface area contributed by atoms with Gasteiger partial charge in [0.2, 0.25) is 0 Å². The Morgan fingerprint density at radius 1 is 1.21 bits per heavy atom. The standard InChI is InChI=1S/C23H19ClF5N3O2/c24-15-4-1-5-16(25)20(15)32-22(33)14-9-17(26)13(10-19(14)34-11-23(27,28)29)18-7-6-12-3-2-8-30-21(12)31-18/h5-7,9-10H,1-4,8,11H2,(H,30,31)(H,32,33). The van der Waals surface area contributed by atoms with Crippen molar-refractivity contribution in [2.45, 2.75) is 31.9 Å². The number of anilines is 1. The van der Waals surface area contributed by atoms with E-state index in [0.717, 1.165) is 30.5 Å². The largest absolute Gasteiger partial charge is 0.483 e. The van der Waals surface area contributed by atoms with Gasteiger partial charge in [-0.1, -0.05) is 17.7 Å². The van der Waals surface area contributed by atoms with E-state index < -0.39 is 41.6 Å². The molecule has 1 amide bonds. The van der Waals surface area contributed by atoms with Crippen LogP contribution in [0.1, 0.15) is 35.2 Å². The first-order chi connectivity index (χ1) is 16.1. The van der Waals surface area contributed by atoms with Gasteiger partial charge in [-0.25, -0.2) is 13.8 Å². The van der Waals surface area contributed by atoms with Gasteiger partial charge in [0, 0.05) is 17.1 Å². The highest BCUT2D eigenvalue weighted by Crippen LogP contribution is 2.34. The second-order valence-electron chi connectivity index (χ2n) is 7.79. The number of alkyl halides is 3. The van der Waals surface area contributed by atoms with E-state index in [0.29, 0.717) is 18.8 Å². The first-order valence-electron chi connectivity index (χ1n) is 10.5. The molecule has 0 unspecified atom stereocenters. The molecule has 0 bridgehead atoms. The van der Waals surface area contributed by atoms with E-state index in [-0.39, 0.29) is 28.4 Å². The second-order valence-corrected chi connectivity index (χ2v) is 8.25. The van der Waals surface area contributed by atoms with Crippen molar-refractivity contribution in [1.82, 2.24) is 10.3 Å². The van der Waals surface area contributed by atoms with Gasteiger partial charge in [-0.2, -0.15) is 13.2 Å². The molecule has 1 aliphatic carbocycles. The number of nitrogens with one attached hydrogen (secondary N) is 2. The quantitative estimate of drug-likeness (QED) is 0.494. The molecule has 0 saturated heterocycles. The predicted octanol–water partition coefficient (Wildman–Crippen LogP) is 6.01. The summed E-state index contributed by atoms with van der Waals surface area (Å²) in [7, 11) is 0. The highest BCUT2D eigenvalue weighted by atomic mass is 35.5. The molecule has 1 aromatic heterocycles. The zero-order valence-electron chi connectivity index (χ0n) is 17.7. The number of hydrogen-bond donors (Lipinski definition) is 2. The molecule has 11 heteroatoms. The van der Waals surface area contributed by atoms with Gasteiger partial charge in [0.05, 0.1) is 17.0 Å². The molecule has 34 heavy (non-hydrogen) atoms. The lowest BCUT2D eigenvalue weighted by molar-refractivity contribution is -0.153. The minimum atomic E-state index is -4.71. The van der Waals surface area contributed by atoms with Crippen LogP contribution in [0.2, 0.25) is 0 Å². The van der Waals surface area contributed by atoms with Gasteiger partial charge in [-0.15, -0.1) is 0 Å². The lowest BCUT2D eigenvalue weighted by atomic mass is 10.0. The summed E-state index contributed by atoms with van der Waals surface area (Å²) in [6, 6.07) is 5.03. The van der Waals surface area contributed by atoms with E-state index in [1.165, 1.54) is 6.08 Å². The Balaban J connectivity index is 1.72. The number of benzene rings is 1. The maximum Gasteiger partial charge on any atom is 0.422 e. The van der Waals surface area contributed by atoms with Gasteiger partial charge >= 0.3 is 6.18 Å². The van der Waals surface area contributed by atoms with Crippen molar-refractivity contribution in [1.29, 1.82) is 0 Å². The zero-order valence-corrected chi connectivity index (χ0v) is 18.4. The van der Waals surface area contributed by atoms with Crippen molar-refractivity contribution < 1.29 is 31.5 Å². The molecule has 0 saturated carbocycles. The number of carbonyl (C=O) groups is 1. The predicted molar refractivity (Wildman–Crippen MR) is 117 cm³/mol. The smallest absolute Gasteiger partial charge is 0.422 e. The van der Waals surface area contributed by atoms with Crippen molar-refractivity contribution in [3.05, 3.63) is 63.8 Å². The van der Waals surface area contributed by atoms with Crippen molar-refractivity contribution in [3.8, 4) is 17.0 Å². The highest BCUT2D eigenvalue weighted by Gasteiger charge is 2.30. The second kappa shape index (κ2) is 9.61. The summed E-state index contributed by atoms with van der Waals surface area (Å²) in [4.78, 5) is 17.2. The number of allylic oxidation sites excluding steroid dienone is 3. The maximum atomic E-state index is 15.1. The Kier molecular flexibility index (Phi) is 6.79. The van der Waals surface area contributed by atoms with Gasteiger partial charge in [0.1, 0.15) is 23.2 Å². The SMILES string of the molecule is O=C(NC1=C(Cl)CCC=C1F)c1cc(F)c(-c2ccc3c(n2)NCCC3)cc1OCC(F)(F)F. The van der Waals surface area contributed by atoms with Crippen LogP contribution in [0.15, 0.2) is 46.9 Å². The summed E-state index contributed by atoms with van der Waals surface area (Å²) in [6.07, 6.45) is -1.19. The molecule has 2 aromatic rings. The average molecular weight is 500 g/mol. The van der Waals surface area contributed by atoms with Crippen molar-refractivity contribution in [2.75, 3.05) is 18.5 Å². The number of fused-ring (bicyclic) bond motifs is 1. The van der Waals surface area contributed by atoms with E-state index in [2.05, 4.69) is 15.6 Å². The summed E-state index contributed by atoms with van der Waals surface area (Å²) in [5, 5.41) is 5.35. The van der Waals surface area contributed by atoms with E-state index in [1.54, 1.807) is 12.1 Å². The Labute approximate surface area is 196 Å². The molecule has 5 nitrogen and oxygen atoms in total. The monoisotopic (exact) mass is 499 g/mol. The lowest BCUT2D eigenvalue weighted by Gasteiger charge is -2.19. The number of halogens is 6. The number of aromatic nitrogens is 1. The topological polar surface area (TPSA) is 63.2 Å². The Morgan fingerprint density at radius 3 is 2.74 bits per heavy atom. The minimum absolute atomic E-state index is 0.0361. The maximum absolute atomic E-state index is 15.1. The van der Waals surface area contributed by atoms with Gasteiger partial charge in [-0.05, 0) is 55.5 Å². The number of nitrogens with zero attached hydrogens (tertiary/aromatic N) is 1. The first-order valence-corrected chi connectivity index (χ1v) is 10.8. The molecule has 1 aromatic carbocycles. The van der Waals surface area contributed by atoms with Gasteiger partial charge in [0.15, 0.2) is 6.61 Å². The molecule has 4 rings (SSSR count). The molecule has 0 fully saturated rings. The number of aryl methyl sites for hydroxylation is 1. The number of carbonyl (C=O) groups excluding carboxylic acids is 1. The third kappa shape index (κ3) is 5.32. The van der Waals surface area contributed by atoms with Crippen molar-refractivity contribution in [3.63, 3.8) is 0 Å². The summed E-state index contributed by atoms with van der Waals surface area (Å²) in [5.74, 6) is -2.74. The molecular weight excluding hydrogens is 481 g/mol. The summed E-state index contributed by atoms with van der Waals surface area (Å²) in [5.41, 5.74) is 0.0857. The number of hydrogen-bond acceptors (Lipinski definition) is 4. The molecule has 0 spiro atoms. The van der Waals surface area contributed by atoms with Gasteiger partial charge < -0.3 is 15.4 Å². The van der Waals surface area contributed by atoms with Crippen molar-refractivity contribution >= 4 is 23.3 Å². The average Bonchev–Trinajstić information content (AvgIpc) is 2.79. The summed E-state index contributed by atoms with van der Waals surface area (Å²) in [6.45, 7) is -1.02. The first kappa shape index (κ1) is 24.0. The Bertz CT molecular complexity index is 1190. The number of rotatable bonds is 5. The van der Waals surface area contributed by atoms with E-state index in [1.807, 2.05) is 0 Å². The van der Waals surface area contributed by atoms with E-state index >= 15 is 4.39 Å². The van der Waals surface area contributed by atoms with Crippen LogP contribution in [-0.4, -0.2) is 30.2 Å². The van der Waals surface area contributed by atoms with Crippen LogP contribution in [0.3, 0.4) is 0 Å². The molecule has 180 valence electrons. The molecule has 2 heterocycles. The van der Waals surface area contributed by atoms with Crippen LogP contribution in [-0.2, 0) is 6.42 Å². The molecule has 2 N–H and O–H groups in total. The van der Waals surface area contributed by atoms with Gasteiger partial charge in [-0.3, -0.25) is 4.79 Å². The fourth-order valence-corrected chi connectivity index (χ4v) is 3.92. The lowest BCUT2D eigenvalue weighted by Crippen LogP contribution is -2.27. The van der Waals surface area contributed by atoms with Crippen LogP contribution in [0.5, 0.6) is 5.75 Å². The molecule has 0 atom stereocenters. The third-order valence-corrected chi connectivity index (χ3v) is 5.69.